The summed E-state index contributed by atoms with van der Waals surface area (Å²) in [6.07, 6.45) is 1.67. The van der Waals surface area contributed by atoms with Crippen LogP contribution in [0.4, 0.5) is 0 Å². The summed E-state index contributed by atoms with van der Waals surface area (Å²) in [6.45, 7) is 2.00. The van der Waals surface area contributed by atoms with Gasteiger partial charge in [-0.1, -0.05) is 27.7 Å². The van der Waals surface area contributed by atoms with E-state index in [4.69, 9.17) is 0 Å². The third-order valence-corrected chi connectivity index (χ3v) is 4.18. The first-order valence-corrected chi connectivity index (χ1v) is 7.39. The van der Waals surface area contributed by atoms with Gasteiger partial charge in [-0.15, -0.1) is 0 Å². The number of aliphatic imine (C=N–C) groups is 1. The summed E-state index contributed by atoms with van der Waals surface area (Å²) in [5.41, 5.74) is 1.78. The van der Waals surface area contributed by atoms with Crippen LogP contribution in [0.25, 0.3) is 0 Å². The third-order valence-electron chi connectivity index (χ3n) is 2.13. The van der Waals surface area contributed by atoms with Crippen molar-refractivity contribution in [3.05, 3.63) is 37.7 Å². The summed E-state index contributed by atoms with van der Waals surface area (Å²) in [6, 6.07) is 3.62. The Morgan fingerprint density at radius 3 is 2.88 bits per heavy atom. The van der Waals surface area contributed by atoms with Gasteiger partial charge in [-0.3, -0.25) is 4.99 Å². The van der Waals surface area contributed by atoms with Gasteiger partial charge in [0.15, 0.2) is 5.50 Å². The van der Waals surface area contributed by atoms with Crippen LogP contribution in [0.2, 0.25) is 0 Å². The van der Waals surface area contributed by atoms with Crippen molar-refractivity contribution < 1.29 is 5.11 Å². The molecule has 0 radical (unpaired) electrons. The van der Waals surface area contributed by atoms with Gasteiger partial charge in [-0.25, -0.2) is 0 Å². The van der Waals surface area contributed by atoms with Crippen molar-refractivity contribution in [2.24, 2.45) is 4.99 Å². The highest BCUT2D eigenvalue weighted by Crippen LogP contribution is 2.31. The summed E-state index contributed by atoms with van der Waals surface area (Å²) in [4.78, 5) is 4.36. The molecule has 0 saturated carbocycles. The zero-order valence-electron chi connectivity index (χ0n) is 8.95. The number of rotatable bonds is 2. The molecule has 0 bridgehead atoms. The number of benzene rings is 1. The molecule has 1 aromatic rings. The van der Waals surface area contributed by atoms with Gasteiger partial charge in [0.2, 0.25) is 0 Å². The molecule has 1 aliphatic rings. The van der Waals surface area contributed by atoms with Crippen molar-refractivity contribution >= 4 is 49.8 Å². The van der Waals surface area contributed by atoms with E-state index in [1.54, 1.807) is 24.0 Å². The Labute approximate surface area is 121 Å². The standard InChI is InChI=1S/C11H10Br2N2OS/c1-6-5-17-11(15-6)14-4-7-2-8(12)3-9(13)10(7)16/h2-5,11,15-16H,1H3/b14-4+. The largest absolute Gasteiger partial charge is 0.506 e. The van der Waals surface area contributed by atoms with Gasteiger partial charge in [0, 0.05) is 21.9 Å². The zero-order valence-corrected chi connectivity index (χ0v) is 12.9. The molecular formula is C11H10Br2N2OS. The first-order chi connectivity index (χ1) is 8.06. The van der Waals surface area contributed by atoms with Crippen LogP contribution in [0.3, 0.4) is 0 Å². The van der Waals surface area contributed by atoms with Crippen LogP contribution in [0.15, 0.2) is 37.2 Å². The lowest BCUT2D eigenvalue weighted by atomic mass is 10.2. The van der Waals surface area contributed by atoms with Crippen molar-refractivity contribution in [1.82, 2.24) is 5.32 Å². The number of allylic oxidation sites excluding steroid dienone is 1. The molecule has 1 aromatic carbocycles. The molecule has 0 amide bonds. The molecule has 0 fully saturated rings. The number of nitrogens with one attached hydrogen (secondary N) is 1. The number of nitrogens with zero attached hydrogens (tertiary/aromatic N) is 1. The lowest BCUT2D eigenvalue weighted by Crippen LogP contribution is -2.16. The highest BCUT2D eigenvalue weighted by atomic mass is 79.9. The number of phenols is 1. The molecule has 0 aliphatic carbocycles. The maximum atomic E-state index is 9.85. The van der Waals surface area contributed by atoms with E-state index in [1.165, 1.54) is 0 Å². The molecule has 17 heavy (non-hydrogen) atoms. The fourth-order valence-electron chi connectivity index (χ4n) is 1.33. The first-order valence-electron chi connectivity index (χ1n) is 4.86. The molecule has 2 N–H and O–H groups in total. The molecule has 2 rings (SSSR count). The molecule has 0 saturated heterocycles. The maximum absolute atomic E-state index is 9.85. The van der Waals surface area contributed by atoms with Crippen LogP contribution in [0, 0.1) is 0 Å². The van der Waals surface area contributed by atoms with Crippen LogP contribution in [-0.2, 0) is 0 Å². The Kier molecular flexibility index (Phi) is 4.17. The van der Waals surface area contributed by atoms with Crippen molar-refractivity contribution in [1.29, 1.82) is 0 Å². The Hall–Kier alpha value is -0.460. The monoisotopic (exact) mass is 376 g/mol. The lowest BCUT2D eigenvalue weighted by molar-refractivity contribution is 0.471. The number of phenolic OH excluding ortho intramolecular Hbond substituents is 1. The van der Waals surface area contributed by atoms with E-state index in [0.29, 0.717) is 10.0 Å². The van der Waals surface area contributed by atoms with Crippen LogP contribution < -0.4 is 5.32 Å². The highest BCUT2D eigenvalue weighted by molar-refractivity contribution is 9.11. The number of hydrogen-bond donors (Lipinski definition) is 2. The summed E-state index contributed by atoms with van der Waals surface area (Å²) < 4.78 is 1.54. The molecular weight excluding hydrogens is 368 g/mol. The Morgan fingerprint density at radius 1 is 1.47 bits per heavy atom. The molecule has 3 nitrogen and oxygen atoms in total. The minimum atomic E-state index is -0.00726. The number of halogens is 2. The van der Waals surface area contributed by atoms with E-state index in [9.17, 15) is 5.11 Å². The molecule has 0 spiro atoms. The predicted octanol–water partition coefficient (Wildman–Crippen LogP) is 3.82. The quantitative estimate of drug-likeness (QED) is 0.770. The van der Waals surface area contributed by atoms with E-state index >= 15 is 0 Å². The fraction of sp³-hybridized carbons (Fsp3) is 0.182. The summed E-state index contributed by atoms with van der Waals surface area (Å²) in [5, 5.41) is 15.1. The van der Waals surface area contributed by atoms with E-state index in [1.807, 2.05) is 18.4 Å². The smallest absolute Gasteiger partial charge is 0.170 e. The number of aromatic hydroxyl groups is 1. The minimum absolute atomic E-state index is 0.00726. The van der Waals surface area contributed by atoms with Crippen molar-refractivity contribution in [2.45, 2.75) is 12.4 Å². The van der Waals surface area contributed by atoms with Gasteiger partial charge in [-0.2, -0.15) is 0 Å². The average Bonchev–Trinajstić information content (AvgIpc) is 2.67. The fourth-order valence-corrected chi connectivity index (χ4v) is 3.38. The van der Waals surface area contributed by atoms with Gasteiger partial charge in [0.25, 0.3) is 0 Å². The van der Waals surface area contributed by atoms with Gasteiger partial charge < -0.3 is 10.4 Å². The number of thioether (sulfide) groups is 1. The molecule has 6 heteroatoms. The maximum Gasteiger partial charge on any atom is 0.170 e. The first kappa shape index (κ1) is 13.0. The average molecular weight is 378 g/mol. The van der Waals surface area contributed by atoms with Crippen molar-refractivity contribution in [3.63, 3.8) is 0 Å². The van der Waals surface area contributed by atoms with Crippen LogP contribution in [0.5, 0.6) is 5.75 Å². The second kappa shape index (κ2) is 5.46. The zero-order chi connectivity index (χ0) is 12.4. The Bertz CT molecular complexity index is 502. The summed E-state index contributed by atoms with van der Waals surface area (Å²) in [7, 11) is 0. The van der Waals surface area contributed by atoms with Crippen molar-refractivity contribution in [2.75, 3.05) is 0 Å². The van der Waals surface area contributed by atoms with Gasteiger partial charge in [0.05, 0.1) is 4.47 Å². The summed E-state index contributed by atoms with van der Waals surface area (Å²) in [5.74, 6) is 0.199. The highest BCUT2D eigenvalue weighted by Gasteiger charge is 2.11. The van der Waals surface area contributed by atoms with Crippen LogP contribution >= 0.6 is 43.6 Å². The topological polar surface area (TPSA) is 44.6 Å². The normalized spacial score (nSPS) is 19.5. The van der Waals surface area contributed by atoms with E-state index in [-0.39, 0.29) is 11.2 Å². The molecule has 1 unspecified atom stereocenters. The third kappa shape index (κ3) is 3.26. The second-order valence-electron chi connectivity index (χ2n) is 3.54. The Balaban J connectivity index is 2.16. The minimum Gasteiger partial charge on any atom is -0.506 e. The second-order valence-corrected chi connectivity index (χ2v) is 6.26. The Morgan fingerprint density at radius 2 is 2.24 bits per heavy atom. The lowest BCUT2D eigenvalue weighted by Gasteiger charge is -2.06. The molecule has 1 heterocycles. The van der Waals surface area contributed by atoms with Crippen LogP contribution in [0.1, 0.15) is 12.5 Å². The predicted molar refractivity (Wildman–Crippen MR) is 79.4 cm³/mol. The van der Waals surface area contributed by atoms with Gasteiger partial charge in [-0.05, 0) is 40.4 Å². The van der Waals surface area contributed by atoms with E-state index in [2.05, 4.69) is 42.2 Å². The van der Waals surface area contributed by atoms with Gasteiger partial charge >= 0.3 is 0 Å². The molecule has 1 aliphatic heterocycles. The molecule has 90 valence electrons. The number of hydrogen-bond acceptors (Lipinski definition) is 4. The van der Waals surface area contributed by atoms with E-state index in [0.717, 1.165) is 10.2 Å². The van der Waals surface area contributed by atoms with Crippen LogP contribution in [-0.4, -0.2) is 16.8 Å². The van der Waals surface area contributed by atoms with E-state index < -0.39 is 0 Å². The molecule has 0 aromatic heterocycles. The van der Waals surface area contributed by atoms with Crippen molar-refractivity contribution in [3.8, 4) is 5.75 Å². The SMILES string of the molecule is CC1=CSC(/N=C/c2cc(Br)cc(Br)c2O)N1. The summed E-state index contributed by atoms with van der Waals surface area (Å²) >= 11 is 8.27. The van der Waals surface area contributed by atoms with Gasteiger partial charge in [0.1, 0.15) is 5.75 Å². The molecule has 1 atom stereocenters.